The zero-order valence-electron chi connectivity index (χ0n) is 11.4. The highest BCUT2D eigenvalue weighted by molar-refractivity contribution is 7.89. The Hall–Kier alpha value is -1.32. The van der Waals surface area contributed by atoms with Crippen molar-refractivity contribution in [2.75, 3.05) is 12.3 Å². The van der Waals surface area contributed by atoms with Crippen LogP contribution in [0.4, 0.5) is 13.2 Å². The van der Waals surface area contributed by atoms with Crippen molar-refractivity contribution in [1.82, 2.24) is 5.32 Å². The highest BCUT2D eigenvalue weighted by Crippen LogP contribution is 2.24. The maximum Gasteiger partial charge on any atom is 0.573 e. The summed E-state index contributed by atoms with van der Waals surface area (Å²) in [6.45, 7) is 2.25. The number of hydrogen-bond donors (Lipinski definition) is 2. The number of nitrogens with one attached hydrogen (secondary N) is 1. The van der Waals surface area contributed by atoms with Crippen LogP contribution in [-0.4, -0.2) is 27.1 Å². The summed E-state index contributed by atoms with van der Waals surface area (Å²) in [7, 11) is -3.47. The molecule has 0 aliphatic heterocycles. The van der Waals surface area contributed by atoms with Gasteiger partial charge >= 0.3 is 6.36 Å². The first-order chi connectivity index (χ1) is 9.57. The van der Waals surface area contributed by atoms with Crippen molar-refractivity contribution < 1.29 is 26.3 Å². The van der Waals surface area contributed by atoms with E-state index < -0.39 is 16.4 Å². The van der Waals surface area contributed by atoms with Crippen molar-refractivity contribution in [2.24, 2.45) is 5.14 Å². The average Bonchev–Trinajstić information content (AvgIpc) is 2.32. The molecule has 21 heavy (non-hydrogen) atoms. The van der Waals surface area contributed by atoms with E-state index in [9.17, 15) is 21.6 Å². The molecule has 1 unspecified atom stereocenters. The number of nitrogens with two attached hydrogens (primary N) is 1. The molecule has 0 heterocycles. The van der Waals surface area contributed by atoms with E-state index in [1.54, 1.807) is 0 Å². The van der Waals surface area contributed by atoms with E-state index in [0.29, 0.717) is 13.0 Å². The van der Waals surface area contributed by atoms with Gasteiger partial charge in [-0.25, -0.2) is 13.6 Å². The number of halogens is 3. The molecule has 0 aliphatic carbocycles. The van der Waals surface area contributed by atoms with Gasteiger partial charge in [0.1, 0.15) is 5.75 Å². The molecule has 5 nitrogen and oxygen atoms in total. The fourth-order valence-corrected chi connectivity index (χ4v) is 2.21. The molecule has 0 spiro atoms. The lowest BCUT2D eigenvalue weighted by Gasteiger charge is -2.15. The molecular weight excluding hydrogens is 309 g/mol. The van der Waals surface area contributed by atoms with Gasteiger partial charge in [-0.1, -0.05) is 12.1 Å². The first kappa shape index (κ1) is 17.7. The van der Waals surface area contributed by atoms with E-state index in [1.165, 1.54) is 24.3 Å². The van der Waals surface area contributed by atoms with Crippen LogP contribution in [0.25, 0.3) is 0 Å². The van der Waals surface area contributed by atoms with Gasteiger partial charge in [0, 0.05) is 6.04 Å². The summed E-state index contributed by atoms with van der Waals surface area (Å²) >= 11 is 0. The van der Waals surface area contributed by atoms with Crippen molar-refractivity contribution in [1.29, 1.82) is 0 Å². The molecule has 0 aliphatic rings. The van der Waals surface area contributed by atoms with Gasteiger partial charge in [-0.15, -0.1) is 13.2 Å². The largest absolute Gasteiger partial charge is 0.573 e. The zero-order valence-corrected chi connectivity index (χ0v) is 12.2. The number of alkyl halides is 3. The molecule has 0 aromatic heterocycles. The number of ether oxygens (including phenoxy) is 1. The van der Waals surface area contributed by atoms with E-state index in [-0.39, 0.29) is 17.5 Å². The van der Waals surface area contributed by atoms with Crippen LogP contribution < -0.4 is 15.2 Å². The van der Waals surface area contributed by atoms with E-state index in [0.717, 1.165) is 5.56 Å². The number of hydrogen-bond acceptors (Lipinski definition) is 4. The highest BCUT2D eigenvalue weighted by Gasteiger charge is 2.30. The molecule has 0 radical (unpaired) electrons. The Labute approximate surface area is 121 Å². The molecule has 1 aromatic rings. The lowest BCUT2D eigenvalue weighted by Crippen LogP contribution is -2.24. The smallest absolute Gasteiger partial charge is 0.406 e. The van der Waals surface area contributed by atoms with E-state index in [2.05, 4.69) is 10.1 Å². The lowest BCUT2D eigenvalue weighted by atomic mass is 10.1. The van der Waals surface area contributed by atoms with Crippen molar-refractivity contribution >= 4 is 10.0 Å². The quantitative estimate of drug-likeness (QED) is 0.750. The topological polar surface area (TPSA) is 81.4 Å². The Morgan fingerprint density at radius 1 is 1.29 bits per heavy atom. The molecule has 0 fully saturated rings. The molecule has 9 heteroatoms. The predicted molar refractivity (Wildman–Crippen MR) is 72.1 cm³/mol. The number of sulfonamides is 1. The monoisotopic (exact) mass is 326 g/mol. The Bertz CT molecular complexity index is 544. The third-order valence-electron chi connectivity index (χ3n) is 2.67. The number of primary sulfonamides is 1. The summed E-state index contributed by atoms with van der Waals surface area (Å²) < 4.78 is 61.3. The minimum absolute atomic E-state index is 0.120. The molecule has 0 saturated carbocycles. The third kappa shape index (κ3) is 7.88. The average molecular weight is 326 g/mol. The molecule has 1 aromatic carbocycles. The number of rotatable bonds is 7. The van der Waals surface area contributed by atoms with E-state index in [4.69, 9.17) is 5.14 Å². The second-order valence-electron chi connectivity index (χ2n) is 4.51. The maximum atomic E-state index is 12.0. The Morgan fingerprint density at radius 2 is 1.86 bits per heavy atom. The van der Waals surface area contributed by atoms with Crippen LogP contribution in [0.3, 0.4) is 0 Å². The van der Waals surface area contributed by atoms with Crippen molar-refractivity contribution in [3.8, 4) is 5.75 Å². The standard InChI is InChI=1S/C12H17F3N2O3S/c1-9(17-7-2-8-21(16,18)19)10-3-5-11(6-4-10)20-12(13,14)15/h3-6,9,17H,2,7-8H2,1H3,(H2,16,18,19). The highest BCUT2D eigenvalue weighted by atomic mass is 32.2. The van der Waals surface area contributed by atoms with Gasteiger partial charge in [-0.05, 0) is 37.6 Å². The molecule has 1 rings (SSSR count). The van der Waals surface area contributed by atoms with Crippen LogP contribution in [0.5, 0.6) is 5.75 Å². The van der Waals surface area contributed by atoms with Crippen molar-refractivity contribution in [3.63, 3.8) is 0 Å². The van der Waals surface area contributed by atoms with Crippen molar-refractivity contribution in [3.05, 3.63) is 29.8 Å². The SMILES string of the molecule is CC(NCCCS(N)(=O)=O)c1ccc(OC(F)(F)F)cc1. The maximum absolute atomic E-state index is 12.0. The van der Waals surface area contributed by atoms with Crippen molar-refractivity contribution in [2.45, 2.75) is 25.7 Å². The summed E-state index contributed by atoms with van der Waals surface area (Å²) in [6.07, 6.45) is -4.35. The van der Waals surface area contributed by atoms with Crippen LogP contribution in [0.15, 0.2) is 24.3 Å². The number of benzene rings is 1. The fraction of sp³-hybridized carbons (Fsp3) is 0.500. The van der Waals surface area contributed by atoms with Gasteiger partial charge in [-0.3, -0.25) is 0 Å². The van der Waals surface area contributed by atoms with Crippen LogP contribution >= 0.6 is 0 Å². The minimum atomic E-state index is -4.71. The molecule has 120 valence electrons. The first-order valence-electron chi connectivity index (χ1n) is 6.16. The summed E-state index contributed by atoms with van der Waals surface area (Å²) in [5.41, 5.74) is 0.764. The second-order valence-corrected chi connectivity index (χ2v) is 6.25. The van der Waals surface area contributed by atoms with Gasteiger partial charge < -0.3 is 10.1 Å². The third-order valence-corrected chi connectivity index (χ3v) is 3.53. The van der Waals surface area contributed by atoms with E-state index in [1.807, 2.05) is 6.92 Å². The Morgan fingerprint density at radius 3 is 2.33 bits per heavy atom. The normalized spacial score (nSPS) is 14.0. The molecule has 3 N–H and O–H groups in total. The fourth-order valence-electron chi connectivity index (χ4n) is 1.67. The summed E-state index contributed by atoms with van der Waals surface area (Å²) in [6, 6.07) is 5.35. The van der Waals surface area contributed by atoms with Crippen LogP contribution in [0.2, 0.25) is 0 Å². The minimum Gasteiger partial charge on any atom is -0.406 e. The molecule has 0 amide bonds. The molecule has 1 atom stereocenters. The van der Waals surface area contributed by atoms with Crippen LogP contribution in [-0.2, 0) is 10.0 Å². The zero-order chi connectivity index (χ0) is 16.1. The summed E-state index contributed by atoms with van der Waals surface area (Å²) in [5, 5.41) is 7.93. The summed E-state index contributed by atoms with van der Waals surface area (Å²) in [5.74, 6) is -0.405. The van der Waals surface area contributed by atoms with Gasteiger partial charge in [-0.2, -0.15) is 0 Å². The van der Waals surface area contributed by atoms with Gasteiger partial charge in [0.2, 0.25) is 10.0 Å². The van der Waals surface area contributed by atoms with Gasteiger partial charge in [0.15, 0.2) is 0 Å². The molecule has 0 bridgehead atoms. The predicted octanol–water partition coefficient (Wildman–Crippen LogP) is 1.91. The Kier molecular flexibility index (Phi) is 5.99. The summed E-state index contributed by atoms with van der Waals surface area (Å²) in [4.78, 5) is 0. The first-order valence-corrected chi connectivity index (χ1v) is 7.88. The van der Waals surface area contributed by atoms with Crippen LogP contribution in [0.1, 0.15) is 24.9 Å². The van der Waals surface area contributed by atoms with Gasteiger partial charge in [0.05, 0.1) is 5.75 Å². The Balaban J connectivity index is 2.46. The lowest BCUT2D eigenvalue weighted by molar-refractivity contribution is -0.274. The molecular formula is C12H17F3N2O3S. The van der Waals surface area contributed by atoms with Gasteiger partial charge in [0.25, 0.3) is 0 Å². The second kappa shape index (κ2) is 7.10. The molecule has 0 saturated heterocycles. The van der Waals surface area contributed by atoms with E-state index >= 15 is 0 Å². The van der Waals surface area contributed by atoms with Crippen LogP contribution in [0, 0.1) is 0 Å².